The fourth-order valence-corrected chi connectivity index (χ4v) is 7.56. The Morgan fingerprint density at radius 2 is 1.00 bits per heavy atom. The first-order valence-corrected chi connectivity index (χ1v) is 22.4. The van der Waals surface area contributed by atoms with Crippen molar-refractivity contribution in [3.05, 3.63) is 151 Å². The van der Waals surface area contributed by atoms with E-state index >= 15 is 0 Å². The minimum atomic E-state index is -1.13. The molecule has 4 aromatic heterocycles. The number of aromatic nitrogens is 4. The minimum Gasteiger partial charge on any atom is -0.481 e. The predicted octanol–water partition coefficient (Wildman–Crippen LogP) is 6.77. The molecule has 0 aliphatic heterocycles. The molecular weight excluding hydrogens is 944 g/mol. The number of hydrogen-bond acceptors (Lipinski definition) is 16. The van der Waals surface area contributed by atoms with Gasteiger partial charge >= 0.3 is 11.9 Å². The number of nitriles is 2. The molecule has 0 aliphatic carbocycles. The largest absolute Gasteiger partial charge is 0.481 e. The van der Waals surface area contributed by atoms with Gasteiger partial charge in [-0.1, -0.05) is 59.6 Å². The highest BCUT2D eigenvalue weighted by Gasteiger charge is 2.20. The number of ether oxygens (including phenoxy) is 4. The zero-order valence-electron chi connectivity index (χ0n) is 38.0. The quantitative estimate of drug-likeness (QED) is 0.0345. The molecule has 362 valence electrons. The lowest BCUT2D eigenvalue weighted by atomic mass is 9.92. The second-order valence-electron chi connectivity index (χ2n) is 16.0. The first-order chi connectivity index (χ1) is 33.7. The molecule has 20 heteroatoms. The van der Waals surface area contributed by atoms with E-state index in [4.69, 9.17) is 52.4 Å². The third-order valence-corrected chi connectivity index (χ3v) is 11.2. The third kappa shape index (κ3) is 14.8. The number of nitrogens with one attached hydrogen (secondary N) is 2. The van der Waals surface area contributed by atoms with Crippen LogP contribution in [0.5, 0.6) is 23.5 Å². The van der Waals surface area contributed by atoms with Gasteiger partial charge in [0.15, 0.2) is 0 Å². The van der Waals surface area contributed by atoms with E-state index in [1.807, 2.05) is 50.2 Å². The molecule has 0 bridgehead atoms. The number of aliphatic hydroxyl groups excluding tert-OH is 2. The molecule has 6 aromatic rings. The summed E-state index contributed by atoms with van der Waals surface area (Å²) in [4.78, 5) is 39.5. The van der Waals surface area contributed by atoms with Crippen LogP contribution in [0.4, 0.5) is 0 Å². The number of aliphatic carboxylic acids is 2. The van der Waals surface area contributed by atoms with Gasteiger partial charge in [-0.15, -0.1) is 0 Å². The van der Waals surface area contributed by atoms with Gasteiger partial charge in [0.1, 0.15) is 48.6 Å². The van der Waals surface area contributed by atoms with E-state index in [9.17, 15) is 30.3 Å². The summed E-state index contributed by atoms with van der Waals surface area (Å²) in [6, 6.07) is 22.4. The smallest absolute Gasteiger partial charge is 0.306 e. The summed E-state index contributed by atoms with van der Waals surface area (Å²) in [5, 5.41) is 63.3. The summed E-state index contributed by atoms with van der Waals surface area (Å²) in [6.45, 7) is 4.42. The van der Waals surface area contributed by atoms with E-state index in [0.29, 0.717) is 33.4 Å². The van der Waals surface area contributed by atoms with Gasteiger partial charge in [0.2, 0.25) is 23.5 Å². The monoisotopic (exact) mass is 990 g/mol. The Bertz CT molecular complexity index is 2720. The summed E-state index contributed by atoms with van der Waals surface area (Å²) < 4.78 is 24.6. The second kappa shape index (κ2) is 25.3. The van der Waals surface area contributed by atoms with Gasteiger partial charge in [0, 0.05) is 73.2 Å². The third-order valence-electron chi connectivity index (χ3n) is 10.7. The van der Waals surface area contributed by atoms with Crippen molar-refractivity contribution < 1.29 is 49.0 Å². The number of benzene rings is 2. The Labute approximate surface area is 413 Å². The lowest BCUT2D eigenvalue weighted by Gasteiger charge is -2.18. The van der Waals surface area contributed by atoms with Crippen LogP contribution in [0.3, 0.4) is 0 Å². The average molecular weight is 992 g/mol. The van der Waals surface area contributed by atoms with Crippen molar-refractivity contribution in [1.82, 2.24) is 30.6 Å². The van der Waals surface area contributed by atoms with Crippen LogP contribution in [0.25, 0.3) is 11.1 Å². The highest BCUT2D eigenvalue weighted by molar-refractivity contribution is 6.32. The number of aliphatic hydroxyl groups is 2. The van der Waals surface area contributed by atoms with Crippen LogP contribution in [0.15, 0.2) is 85.5 Å². The van der Waals surface area contributed by atoms with Crippen LogP contribution in [-0.4, -0.2) is 77.6 Å². The van der Waals surface area contributed by atoms with Crippen LogP contribution in [0, 0.1) is 36.5 Å². The van der Waals surface area contributed by atoms with E-state index < -0.39 is 37.0 Å². The number of rotatable bonds is 25. The van der Waals surface area contributed by atoms with E-state index in [0.717, 1.165) is 33.4 Å². The van der Waals surface area contributed by atoms with Crippen LogP contribution in [0.1, 0.15) is 68.5 Å². The van der Waals surface area contributed by atoms with Crippen LogP contribution in [0.2, 0.25) is 10.0 Å². The fourth-order valence-electron chi connectivity index (χ4n) is 7.10. The molecule has 6 N–H and O–H groups in total. The molecule has 70 heavy (non-hydrogen) atoms. The number of pyridine rings is 4. The molecule has 4 heterocycles. The number of halogens is 2. The maximum Gasteiger partial charge on any atom is 0.306 e. The highest BCUT2D eigenvalue weighted by atomic mass is 35.5. The summed E-state index contributed by atoms with van der Waals surface area (Å²) in [6.07, 6.45) is 2.91. The summed E-state index contributed by atoms with van der Waals surface area (Å²) in [5.41, 5.74) is 8.44. The molecule has 0 amide bonds. The van der Waals surface area contributed by atoms with E-state index in [1.54, 1.807) is 36.7 Å². The van der Waals surface area contributed by atoms with Crippen molar-refractivity contribution in [2.24, 2.45) is 0 Å². The van der Waals surface area contributed by atoms with Gasteiger partial charge in [0.05, 0.1) is 36.2 Å². The Morgan fingerprint density at radius 3 is 1.39 bits per heavy atom. The van der Waals surface area contributed by atoms with Crippen molar-refractivity contribution in [3.63, 3.8) is 0 Å². The zero-order valence-corrected chi connectivity index (χ0v) is 39.5. The second-order valence-corrected chi connectivity index (χ2v) is 16.8. The van der Waals surface area contributed by atoms with Crippen molar-refractivity contribution in [1.29, 1.82) is 10.5 Å². The Balaban J connectivity index is 1.18. The van der Waals surface area contributed by atoms with Crippen LogP contribution in [-0.2, 0) is 49.1 Å². The maximum atomic E-state index is 11.0. The lowest BCUT2D eigenvalue weighted by molar-refractivity contribution is -0.140. The number of nitrogens with zero attached hydrogens (tertiary/aromatic N) is 6. The molecule has 0 spiro atoms. The molecule has 0 fully saturated rings. The SMILES string of the molecule is Cc1c(COc2nc(OCc3cncc(C#N)c3)c(CNCC(O)CC(=O)O)cc2Cl)cccc1-c1cccc(COc2nc(OCc3cncc(C#N)c3)c(CNCC(O)CC(=O)O)cc2Cl)c1C. The minimum absolute atomic E-state index is 0.0102. The predicted molar refractivity (Wildman–Crippen MR) is 255 cm³/mol. The number of carbonyl (C=O) groups is 2. The van der Waals surface area contributed by atoms with Crippen molar-refractivity contribution in [2.45, 2.75) is 78.4 Å². The van der Waals surface area contributed by atoms with E-state index in [1.165, 1.54) is 12.4 Å². The molecule has 0 radical (unpaired) electrons. The first kappa shape index (κ1) is 52.0. The summed E-state index contributed by atoms with van der Waals surface area (Å²) in [5.74, 6) is -1.73. The molecule has 0 aliphatic rings. The average Bonchev–Trinajstić information content (AvgIpc) is 3.33. The maximum absolute atomic E-state index is 11.0. The standard InChI is InChI=1S/C50H48Cl2N8O10/c1-29-35(27-69-49-43(51)11-37(21-57-23-39(61)13-45(63)64)47(59-49)67-25-33-9-31(15-53)17-55-19-33)5-3-7-41(29)42-8-4-6-36(30(42)2)28-70-50-44(52)12-38(22-58-24-40(62)14-46(65)66)48(60-50)68-26-34-10-32(16-54)18-56-20-34/h3-12,17-20,39-40,57-58,61-62H,13-14,21-28H2,1-2H3,(H,63,64)(H,65,66). The van der Waals surface area contributed by atoms with Crippen molar-refractivity contribution >= 4 is 35.1 Å². The fraction of sp³-hybridized carbons (Fsp3) is 0.280. The van der Waals surface area contributed by atoms with Crippen molar-refractivity contribution in [2.75, 3.05) is 13.1 Å². The molecular formula is C50H48Cl2N8O10. The Morgan fingerprint density at radius 1 is 0.600 bits per heavy atom. The normalized spacial score (nSPS) is 11.8. The summed E-state index contributed by atoms with van der Waals surface area (Å²) >= 11 is 13.4. The van der Waals surface area contributed by atoms with Gasteiger partial charge in [-0.2, -0.15) is 20.5 Å². The topological polar surface area (TPSA) is 275 Å². The van der Waals surface area contributed by atoms with Gasteiger partial charge in [-0.25, -0.2) is 0 Å². The number of carboxylic acid groups (broad SMARTS) is 2. The number of carboxylic acids is 2. The molecule has 2 atom stereocenters. The van der Waals surface area contributed by atoms with Gasteiger partial charge in [-0.05, 0) is 71.5 Å². The molecule has 18 nitrogen and oxygen atoms in total. The van der Waals surface area contributed by atoms with Crippen molar-refractivity contribution in [3.8, 4) is 46.8 Å². The van der Waals surface area contributed by atoms with Gasteiger partial charge in [-0.3, -0.25) is 19.6 Å². The first-order valence-electron chi connectivity index (χ1n) is 21.7. The Kier molecular flexibility index (Phi) is 18.8. The van der Waals surface area contributed by atoms with Gasteiger partial charge < -0.3 is 50.0 Å². The zero-order chi connectivity index (χ0) is 50.2. The molecule has 0 saturated carbocycles. The Hall–Kier alpha value is -7.42. The van der Waals surface area contributed by atoms with E-state index in [2.05, 4.69) is 42.7 Å². The highest BCUT2D eigenvalue weighted by Crippen LogP contribution is 2.35. The van der Waals surface area contributed by atoms with Crippen LogP contribution < -0.4 is 29.6 Å². The molecule has 6 rings (SSSR count). The number of hydrogen-bond donors (Lipinski definition) is 6. The molecule has 2 aromatic carbocycles. The molecule has 0 saturated heterocycles. The molecule has 2 unspecified atom stereocenters. The van der Waals surface area contributed by atoms with E-state index in [-0.39, 0.29) is 86.2 Å². The van der Waals surface area contributed by atoms with Crippen LogP contribution >= 0.6 is 23.2 Å². The lowest BCUT2D eigenvalue weighted by Crippen LogP contribution is -2.28. The summed E-state index contributed by atoms with van der Waals surface area (Å²) in [7, 11) is 0. The van der Waals surface area contributed by atoms with Gasteiger partial charge in [0.25, 0.3) is 0 Å².